The average molecular weight is 865 g/mol. The molecule has 2 heterocycles. The highest BCUT2D eigenvalue weighted by molar-refractivity contribution is 5.75. The molecule has 4 aromatic carbocycles. The minimum absolute atomic E-state index is 0.0137. The Balaban J connectivity index is 0.000000192. The first-order valence-corrected chi connectivity index (χ1v) is 21.4. The molecular formula is C49H52N8O7. The van der Waals surface area contributed by atoms with E-state index in [1.807, 2.05) is 71.0 Å². The number of carbonyl (C=O) groups excluding carboxylic acids is 1. The summed E-state index contributed by atoms with van der Waals surface area (Å²) in [5.41, 5.74) is 8.71. The largest absolute Gasteiger partial charge is 0.502 e. The summed E-state index contributed by atoms with van der Waals surface area (Å²) in [7, 11) is 1.39. The van der Waals surface area contributed by atoms with Crippen LogP contribution in [0.2, 0.25) is 0 Å². The van der Waals surface area contributed by atoms with Gasteiger partial charge in [0.25, 0.3) is 11.8 Å². The molecule has 2 aliphatic rings. The lowest BCUT2D eigenvalue weighted by Crippen LogP contribution is -2.36. The Morgan fingerprint density at radius 3 is 1.62 bits per heavy atom. The second kappa shape index (κ2) is 20.1. The minimum atomic E-state index is -0.398. The van der Waals surface area contributed by atoms with Crippen LogP contribution in [0.4, 0.5) is 11.4 Å². The van der Waals surface area contributed by atoms with Gasteiger partial charge in [-0.25, -0.2) is 9.69 Å². The maximum Gasteiger partial charge on any atom is 0.322 e. The number of benzene rings is 4. The fraction of sp³-hybridized carbons (Fsp3) is 0.367. The number of hydrogen-bond acceptors (Lipinski definition) is 13. The van der Waals surface area contributed by atoms with Crippen LogP contribution in [0, 0.1) is 13.1 Å². The molecule has 0 saturated heterocycles. The van der Waals surface area contributed by atoms with E-state index >= 15 is 0 Å². The molecule has 4 atom stereocenters. The van der Waals surface area contributed by atoms with E-state index in [0.29, 0.717) is 57.4 Å². The first kappa shape index (κ1) is 45.1. The molecule has 2 aliphatic carbocycles. The Labute approximate surface area is 372 Å². The van der Waals surface area contributed by atoms with Crippen LogP contribution >= 0.6 is 0 Å². The molecule has 0 amide bonds. The predicted molar refractivity (Wildman–Crippen MR) is 241 cm³/mol. The van der Waals surface area contributed by atoms with E-state index in [4.69, 9.17) is 36.4 Å². The third kappa shape index (κ3) is 9.98. The highest BCUT2D eigenvalue weighted by atomic mass is 16.5. The zero-order chi connectivity index (χ0) is 45.5. The summed E-state index contributed by atoms with van der Waals surface area (Å²) in [5, 5.41) is 24.6. The van der Waals surface area contributed by atoms with E-state index in [1.165, 1.54) is 18.2 Å². The normalized spacial score (nSPS) is 15.9. The standard InChI is InChI=1S/C25H26N4O4.C24H26N4O3/c1-14(2)32-22-12-9-16(13-21(22)26-4)24-28-23(29-33-24)19-8-6-7-18-17(19)10-11-20(18)27-15(3)25(30)31-5;1-14(2)30-22-11-8-16(12-21(22)25-4)24-27-23(28-31-24)19-7-5-6-18-17(19)9-10-20(18)26-15(3)13-29/h6-9,12-15,20,27H,10-11H2,1-3,5H3;5-8,11-12,14-15,20,26,29H,9-10,13H2,1-3H3/t2*15-,20-/m00/s1. The first-order chi connectivity index (χ1) is 30.9. The van der Waals surface area contributed by atoms with E-state index in [0.717, 1.165) is 47.9 Å². The van der Waals surface area contributed by atoms with Crippen molar-refractivity contribution in [3.63, 3.8) is 0 Å². The molecule has 2 aromatic heterocycles. The fourth-order valence-corrected chi connectivity index (χ4v) is 8.10. The number of carbonyl (C=O) groups is 1. The maximum atomic E-state index is 11.8. The van der Waals surface area contributed by atoms with E-state index < -0.39 is 6.04 Å². The molecule has 0 fully saturated rings. The lowest BCUT2D eigenvalue weighted by molar-refractivity contribution is -0.142. The molecule has 64 heavy (non-hydrogen) atoms. The van der Waals surface area contributed by atoms with Crippen molar-refractivity contribution in [2.24, 2.45) is 0 Å². The maximum absolute atomic E-state index is 11.8. The lowest BCUT2D eigenvalue weighted by atomic mass is 10.0. The number of aliphatic hydroxyl groups excluding tert-OH is 1. The van der Waals surface area contributed by atoms with Crippen molar-refractivity contribution in [2.45, 2.75) is 104 Å². The molecule has 8 rings (SSSR count). The van der Waals surface area contributed by atoms with Gasteiger partial charge in [0.05, 0.1) is 39.1 Å². The number of aliphatic hydroxyl groups is 1. The number of nitrogens with one attached hydrogen (secondary N) is 2. The molecular weight excluding hydrogens is 813 g/mol. The summed E-state index contributed by atoms with van der Waals surface area (Å²) in [5.74, 6) is 2.54. The quantitative estimate of drug-likeness (QED) is 0.0698. The van der Waals surface area contributed by atoms with Gasteiger partial charge in [0.2, 0.25) is 23.0 Å². The molecule has 0 bridgehead atoms. The molecule has 0 unspecified atom stereocenters. The molecule has 0 aliphatic heterocycles. The Morgan fingerprint density at radius 2 is 1.20 bits per heavy atom. The average Bonchev–Trinajstić information content (AvgIpc) is 4.14. The summed E-state index contributed by atoms with van der Waals surface area (Å²) in [4.78, 5) is 28.2. The number of nitrogens with zero attached hydrogens (tertiary/aromatic N) is 6. The van der Waals surface area contributed by atoms with E-state index in [9.17, 15) is 9.90 Å². The van der Waals surface area contributed by atoms with Gasteiger partial charge in [0, 0.05) is 40.4 Å². The van der Waals surface area contributed by atoms with Crippen molar-refractivity contribution in [1.82, 2.24) is 30.9 Å². The van der Waals surface area contributed by atoms with Crippen LogP contribution in [0.5, 0.6) is 11.5 Å². The smallest absolute Gasteiger partial charge is 0.322 e. The van der Waals surface area contributed by atoms with Crippen LogP contribution in [0.3, 0.4) is 0 Å². The van der Waals surface area contributed by atoms with Crippen molar-refractivity contribution in [3.8, 4) is 57.2 Å². The summed E-state index contributed by atoms with van der Waals surface area (Å²) < 4.78 is 27.3. The van der Waals surface area contributed by atoms with Crippen molar-refractivity contribution in [3.05, 3.63) is 118 Å². The zero-order valence-corrected chi connectivity index (χ0v) is 37.0. The number of ether oxygens (including phenoxy) is 3. The number of fused-ring (bicyclic) bond motifs is 2. The number of hydrogen-bond donors (Lipinski definition) is 3. The van der Waals surface area contributed by atoms with E-state index in [-0.39, 0.29) is 42.9 Å². The number of methoxy groups -OCH3 is 1. The van der Waals surface area contributed by atoms with Crippen LogP contribution in [-0.2, 0) is 22.4 Å². The van der Waals surface area contributed by atoms with Gasteiger partial charge >= 0.3 is 5.97 Å². The summed E-state index contributed by atoms with van der Waals surface area (Å²) in [6.07, 6.45) is 3.54. The van der Waals surface area contributed by atoms with Gasteiger partial charge in [-0.2, -0.15) is 9.97 Å². The first-order valence-electron chi connectivity index (χ1n) is 21.4. The minimum Gasteiger partial charge on any atom is -0.502 e. The topological polar surface area (TPSA) is 176 Å². The molecule has 330 valence electrons. The Hall–Kier alpha value is -6.91. The van der Waals surface area contributed by atoms with Gasteiger partial charge in [-0.1, -0.05) is 46.7 Å². The molecule has 0 saturated carbocycles. The van der Waals surface area contributed by atoms with E-state index in [1.54, 1.807) is 31.2 Å². The predicted octanol–water partition coefficient (Wildman–Crippen LogP) is 9.58. The van der Waals surface area contributed by atoms with Crippen molar-refractivity contribution >= 4 is 17.3 Å². The van der Waals surface area contributed by atoms with Gasteiger partial charge in [0.15, 0.2) is 0 Å². The van der Waals surface area contributed by atoms with Crippen LogP contribution in [-0.4, -0.2) is 69.4 Å². The third-order valence-corrected chi connectivity index (χ3v) is 11.0. The van der Waals surface area contributed by atoms with E-state index in [2.05, 4.69) is 52.7 Å². The molecule has 3 N–H and O–H groups in total. The van der Waals surface area contributed by atoms with Crippen molar-refractivity contribution < 1.29 is 33.2 Å². The molecule has 6 aromatic rings. The summed E-state index contributed by atoms with van der Waals surface area (Å²) in [6.45, 7) is 26.5. The van der Waals surface area contributed by atoms with Gasteiger partial charge in [0.1, 0.15) is 17.5 Å². The van der Waals surface area contributed by atoms with Gasteiger partial charge in [-0.05, 0) is 126 Å². The Bertz CT molecular complexity index is 2690. The van der Waals surface area contributed by atoms with Crippen molar-refractivity contribution in [1.29, 1.82) is 0 Å². The lowest BCUT2D eigenvalue weighted by Gasteiger charge is -2.18. The number of rotatable bonds is 14. The second-order valence-corrected chi connectivity index (χ2v) is 16.4. The molecule has 0 radical (unpaired) electrons. The number of esters is 1. The Morgan fingerprint density at radius 1 is 0.734 bits per heavy atom. The highest BCUT2D eigenvalue weighted by Gasteiger charge is 2.30. The summed E-state index contributed by atoms with van der Waals surface area (Å²) in [6, 6.07) is 22.6. The Kier molecular flexibility index (Phi) is 14.2. The van der Waals surface area contributed by atoms with Crippen LogP contribution in [0.1, 0.15) is 88.7 Å². The fourth-order valence-electron chi connectivity index (χ4n) is 8.10. The van der Waals surface area contributed by atoms with Gasteiger partial charge < -0.3 is 33.7 Å². The van der Waals surface area contributed by atoms with Gasteiger partial charge in [-0.15, -0.1) is 0 Å². The van der Waals surface area contributed by atoms with Gasteiger partial charge in [-0.3, -0.25) is 10.1 Å². The monoisotopic (exact) mass is 864 g/mol. The summed E-state index contributed by atoms with van der Waals surface area (Å²) >= 11 is 0. The zero-order valence-electron chi connectivity index (χ0n) is 37.0. The third-order valence-electron chi connectivity index (χ3n) is 11.0. The van der Waals surface area contributed by atoms with Crippen LogP contribution in [0.15, 0.2) is 81.8 Å². The molecule has 15 heteroatoms. The highest BCUT2D eigenvalue weighted by Crippen LogP contribution is 2.40. The molecule has 0 spiro atoms. The van der Waals surface area contributed by atoms with Crippen LogP contribution in [0.25, 0.3) is 55.4 Å². The second-order valence-electron chi connectivity index (χ2n) is 16.4. The number of aromatic nitrogens is 4. The molecule has 15 nitrogen and oxygen atoms in total. The SMILES string of the molecule is [C-]#[N+]c1cc(-c2nc(-c3cccc4c3CC[C@@H]4N[C@@H](C)C(=O)OC)no2)ccc1OC(C)C.[C-]#[N+]c1cc(-c2nc(-c3cccc4c3CC[C@@H]4N[C@@H](C)CO)no2)ccc1OC(C)C. The van der Waals surface area contributed by atoms with Crippen LogP contribution < -0.4 is 20.1 Å². The van der Waals surface area contributed by atoms with Crippen molar-refractivity contribution in [2.75, 3.05) is 13.7 Å².